The number of aryl methyl sites for hydroxylation is 2. The molecule has 1 aromatic heterocycles. The highest BCUT2D eigenvalue weighted by Gasteiger charge is 2.32. The summed E-state index contributed by atoms with van der Waals surface area (Å²) in [5.41, 5.74) is 4.61. The first-order valence-electron chi connectivity index (χ1n) is 10.5. The minimum absolute atomic E-state index is 0.131. The molecule has 0 radical (unpaired) electrons. The first kappa shape index (κ1) is 24.9. The number of rotatable bonds is 11. The summed E-state index contributed by atoms with van der Waals surface area (Å²) in [7, 11) is -0.863. The summed E-state index contributed by atoms with van der Waals surface area (Å²) in [5.74, 6) is 0.131. The van der Waals surface area contributed by atoms with Gasteiger partial charge < -0.3 is 18.7 Å². The van der Waals surface area contributed by atoms with Crippen molar-refractivity contribution in [2.24, 2.45) is 0 Å². The van der Waals surface area contributed by atoms with E-state index in [0.29, 0.717) is 30.0 Å². The normalized spacial score (nSPS) is 11.7. The lowest BCUT2D eigenvalue weighted by atomic mass is 9.98. The van der Waals surface area contributed by atoms with Gasteiger partial charge in [0.15, 0.2) is 0 Å². The molecule has 3 rings (SSSR count). The average molecular weight is 475 g/mol. The van der Waals surface area contributed by atoms with Gasteiger partial charge in [0.05, 0.1) is 30.4 Å². The summed E-state index contributed by atoms with van der Waals surface area (Å²) in [5, 5.41) is 3.94. The van der Waals surface area contributed by atoms with Gasteiger partial charge in [-0.2, -0.15) is 0 Å². The Morgan fingerprint density at radius 1 is 0.970 bits per heavy atom. The number of hydrogen-bond donors (Lipinski definition) is 0. The summed E-state index contributed by atoms with van der Waals surface area (Å²) < 4.78 is 50.2. The third-order valence-electron chi connectivity index (χ3n) is 5.35. The van der Waals surface area contributed by atoms with E-state index in [2.05, 4.69) is 5.16 Å². The van der Waals surface area contributed by atoms with Crippen LogP contribution >= 0.6 is 0 Å². The molecule has 0 amide bonds. The molecule has 2 aromatic carbocycles. The van der Waals surface area contributed by atoms with Crippen LogP contribution in [0.2, 0.25) is 0 Å². The van der Waals surface area contributed by atoms with Crippen LogP contribution in [0.25, 0.3) is 11.1 Å². The highest BCUT2D eigenvalue weighted by atomic mass is 32.2. The highest BCUT2D eigenvalue weighted by molar-refractivity contribution is 7.93. The van der Waals surface area contributed by atoms with Gasteiger partial charge in [-0.1, -0.05) is 41.6 Å². The molecule has 8 nitrogen and oxygen atoms in total. The van der Waals surface area contributed by atoms with Crippen LogP contribution in [0.1, 0.15) is 22.4 Å². The molecular weight excluding hydrogens is 444 g/mol. The molecule has 0 saturated carbocycles. The molecule has 0 aliphatic heterocycles. The number of ether oxygens (including phenoxy) is 3. The molecule has 0 N–H and O–H groups in total. The van der Waals surface area contributed by atoms with Crippen LogP contribution in [-0.2, 0) is 30.8 Å². The van der Waals surface area contributed by atoms with Crippen LogP contribution in [0, 0.1) is 20.8 Å². The molecule has 0 aliphatic carbocycles. The Labute approximate surface area is 195 Å². The molecule has 3 aromatic rings. The Hall–Kier alpha value is -2.72. The molecule has 0 bridgehead atoms. The summed E-state index contributed by atoms with van der Waals surface area (Å²) in [6, 6.07) is 12.8. The van der Waals surface area contributed by atoms with Crippen molar-refractivity contribution in [3.05, 3.63) is 64.8 Å². The molecule has 0 fully saturated rings. The second-order valence-electron chi connectivity index (χ2n) is 7.66. The predicted octanol–water partition coefficient (Wildman–Crippen LogP) is 4.23. The smallest absolute Gasteiger partial charge is 0.269 e. The fourth-order valence-electron chi connectivity index (χ4n) is 3.48. The van der Waals surface area contributed by atoms with Crippen molar-refractivity contribution in [2.75, 3.05) is 38.5 Å². The average Bonchev–Trinajstić information content (AvgIpc) is 3.12. The second kappa shape index (κ2) is 10.9. The SMILES string of the molecule is COCCOCN(c1onc(C)c1C)S(=O)(=O)c1ccccc1-c1ccc(COC)cc1C. The number of aromatic nitrogens is 1. The van der Waals surface area contributed by atoms with Crippen LogP contribution in [0.4, 0.5) is 5.88 Å². The fraction of sp³-hybridized carbons (Fsp3) is 0.375. The van der Waals surface area contributed by atoms with E-state index in [0.717, 1.165) is 21.0 Å². The van der Waals surface area contributed by atoms with Gasteiger partial charge in [-0.05, 0) is 43.5 Å². The van der Waals surface area contributed by atoms with E-state index < -0.39 is 10.0 Å². The van der Waals surface area contributed by atoms with Gasteiger partial charge >= 0.3 is 0 Å². The molecule has 9 heteroatoms. The van der Waals surface area contributed by atoms with Crippen LogP contribution in [0.5, 0.6) is 0 Å². The molecule has 0 aliphatic rings. The number of hydrogen-bond acceptors (Lipinski definition) is 7. The van der Waals surface area contributed by atoms with Crippen LogP contribution in [0.15, 0.2) is 51.9 Å². The minimum atomic E-state index is -4.06. The lowest BCUT2D eigenvalue weighted by Crippen LogP contribution is -2.34. The van der Waals surface area contributed by atoms with E-state index in [1.54, 1.807) is 46.3 Å². The van der Waals surface area contributed by atoms with Crippen molar-refractivity contribution in [3.8, 4) is 11.1 Å². The van der Waals surface area contributed by atoms with E-state index in [9.17, 15) is 8.42 Å². The molecule has 0 atom stereocenters. The van der Waals surface area contributed by atoms with Crippen LogP contribution in [0.3, 0.4) is 0 Å². The first-order valence-corrected chi connectivity index (χ1v) is 12.0. The van der Waals surface area contributed by atoms with Gasteiger partial charge in [0, 0.05) is 25.3 Å². The molecule has 178 valence electrons. The zero-order valence-electron chi connectivity index (χ0n) is 19.6. The Morgan fingerprint density at radius 2 is 1.73 bits per heavy atom. The maximum Gasteiger partial charge on any atom is 0.269 e. The minimum Gasteiger partial charge on any atom is -0.382 e. The maximum absolute atomic E-state index is 13.9. The Morgan fingerprint density at radius 3 is 2.36 bits per heavy atom. The number of anilines is 1. The molecule has 0 spiro atoms. The van der Waals surface area contributed by atoms with Crippen LogP contribution < -0.4 is 4.31 Å². The lowest BCUT2D eigenvalue weighted by molar-refractivity contribution is 0.0744. The lowest BCUT2D eigenvalue weighted by Gasteiger charge is -2.23. The number of nitrogens with zero attached hydrogens (tertiary/aromatic N) is 2. The molecule has 33 heavy (non-hydrogen) atoms. The first-order chi connectivity index (χ1) is 15.8. The van der Waals surface area contributed by atoms with Crippen molar-refractivity contribution in [3.63, 3.8) is 0 Å². The summed E-state index contributed by atoms with van der Waals surface area (Å²) in [4.78, 5) is 0.149. The molecule has 0 saturated heterocycles. The van der Waals surface area contributed by atoms with Gasteiger partial charge in [0.2, 0.25) is 5.88 Å². The van der Waals surface area contributed by atoms with Gasteiger partial charge in [-0.3, -0.25) is 0 Å². The van der Waals surface area contributed by atoms with Crippen molar-refractivity contribution >= 4 is 15.9 Å². The van der Waals surface area contributed by atoms with E-state index in [-0.39, 0.29) is 24.1 Å². The van der Waals surface area contributed by atoms with Crippen molar-refractivity contribution in [1.82, 2.24) is 5.16 Å². The number of sulfonamides is 1. The topological polar surface area (TPSA) is 91.1 Å². The van der Waals surface area contributed by atoms with Gasteiger partial charge in [-0.25, -0.2) is 12.7 Å². The zero-order valence-corrected chi connectivity index (χ0v) is 20.4. The molecule has 1 heterocycles. The van der Waals surface area contributed by atoms with Gasteiger partial charge in [0.1, 0.15) is 6.73 Å². The third kappa shape index (κ3) is 5.44. The van der Waals surface area contributed by atoms with Crippen molar-refractivity contribution in [2.45, 2.75) is 32.3 Å². The van der Waals surface area contributed by atoms with E-state index in [1.165, 1.54) is 0 Å². The number of methoxy groups -OCH3 is 2. The largest absolute Gasteiger partial charge is 0.382 e. The monoisotopic (exact) mass is 474 g/mol. The van der Waals surface area contributed by atoms with Gasteiger partial charge in [-0.15, -0.1) is 0 Å². The van der Waals surface area contributed by atoms with Crippen LogP contribution in [-0.4, -0.2) is 47.7 Å². The fourth-order valence-corrected chi connectivity index (χ4v) is 5.03. The van der Waals surface area contributed by atoms with Crippen molar-refractivity contribution < 1.29 is 27.2 Å². The zero-order chi connectivity index (χ0) is 24.0. The Bertz CT molecular complexity index is 1190. The third-order valence-corrected chi connectivity index (χ3v) is 7.11. The van der Waals surface area contributed by atoms with E-state index in [4.69, 9.17) is 18.7 Å². The van der Waals surface area contributed by atoms with Crippen molar-refractivity contribution in [1.29, 1.82) is 0 Å². The Balaban J connectivity index is 2.08. The van der Waals surface area contributed by atoms with E-state index >= 15 is 0 Å². The highest BCUT2D eigenvalue weighted by Crippen LogP contribution is 2.35. The molecule has 0 unspecified atom stereocenters. The summed E-state index contributed by atoms with van der Waals surface area (Å²) in [6.07, 6.45) is 0. The van der Waals surface area contributed by atoms with Gasteiger partial charge in [0.25, 0.3) is 10.0 Å². The quantitative estimate of drug-likeness (QED) is 0.303. The standard InChI is InChI=1S/C24H30N2O6S/c1-17-14-20(15-30-5)10-11-21(17)22-8-6-7-9-23(22)33(27,28)26(16-31-13-12-29-4)24-18(2)19(3)25-32-24/h6-11,14H,12-13,15-16H2,1-5H3. The molecular formula is C24H30N2O6S. The number of benzene rings is 2. The summed E-state index contributed by atoms with van der Waals surface area (Å²) >= 11 is 0. The van der Waals surface area contributed by atoms with E-state index in [1.807, 2.05) is 31.2 Å². The Kier molecular flexibility index (Phi) is 8.25. The second-order valence-corrected chi connectivity index (χ2v) is 9.49. The summed E-state index contributed by atoms with van der Waals surface area (Å²) in [6.45, 7) is 6.30. The predicted molar refractivity (Wildman–Crippen MR) is 126 cm³/mol. The maximum atomic E-state index is 13.9.